The number of rotatable bonds is 8. The van der Waals surface area contributed by atoms with E-state index in [9.17, 15) is 4.79 Å². The van der Waals surface area contributed by atoms with E-state index in [1.165, 1.54) is 0 Å². The van der Waals surface area contributed by atoms with Crippen LogP contribution in [0.5, 0.6) is 23.0 Å². The van der Waals surface area contributed by atoms with Crippen LogP contribution in [0.4, 0.5) is 0 Å². The number of ether oxygens (including phenoxy) is 4. The van der Waals surface area contributed by atoms with Gasteiger partial charge in [-0.3, -0.25) is 4.79 Å². The third-order valence-electron chi connectivity index (χ3n) is 3.82. The maximum Gasteiger partial charge on any atom is 0.167 e. The van der Waals surface area contributed by atoms with Crippen LogP contribution in [0.3, 0.4) is 0 Å². The Bertz CT molecular complexity index is 709. The molecule has 0 heterocycles. The van der Waals surface area contributed by atoms with Gasteiger partial charge >= 0.3 is 0 Å². The van der Waals surface area contributed by atoms with Gasteiger partial charge in [0.1, 0.15) is 23.0 Å². The van der Waals surface area contributed by atoms with Crippen LogP contribution in [-0.2, 0) is 6.42 Å². The third-order valence-corrected chi connectivity index (χ3v) is 3.82. The van der Waals surface area contributed by atoms with Gasteiger partial charge in [0.2, 0.25) is 0 Å². The van der Waals surface area contributed by atoms with E-state index in [0.717, 1.165) is 17.1 Å². The van der Waals surface area contributed by atoms with E-state index in [-0.39, 0.29) is 5.78 Å². The molecule has 0 saturated carbocycles. The van der Waals surface area contributed by atoms with Crippen LogP contribution in [0.15, 0.2) is 36.4 Å². The molecule has 0 N–H and O–H groups in total. The molecule has 0 radical (unpaired) electrons. The average molecular weight is 330 g/mol. The number of carbonyl (C=O) groups excluding carboxylic acids is 1. The van der Waals surface area contributed by atoms with E-state index >= 15 is 0 Å². The number of carbonyl (C=O) groups is 1. The van der Waals surface area contributed by atoms with E-state index in [0.29, 0.717) is 29.9 Å². The molecule has 5 nitrogen and oxygen atoms in total. The summed E-state index contributed by atoms with van der Waals surface area (Å²) in [6.07, 6.45) is 0.868. The predicted octanol–water partition coefficient (Wildman–Crippen LogP) is 3.54. The second-order valence-electron chi connectivity index (χ2n) is 5.17. The number of methoxy groups -OCH3 is 4. The van der Waals surface area contributed by atoms with Crippen LogP contribution in [0.2, 0.25) is 0 Å². The second-order valence-corrected chi connectivity index (χ2v) is 5.17. The molecule has 2 rings (SSSR count). The van der Waals surface area contributed by atoms with Gasteiger partial charge in [-0.25, -0.2) is 0 Å². The predicted molar refractivity (Wildman–Crippen MR) is 91.7 cm³/mol. The molecule has 0 fully saturated rings. The Morgan fingerprint density at radius 3 is 1.96 bits per heavy atom. The third kappa shape index (κ3) is 3.98. The van der Waals surface area contributed by atoms with E-state index in [4.69, 9.17) is 18.9 Å². The van der Waals surface area contributed by atoms with E-state index in [1.807, 2.05) is 18.2 Å². The Kier molecular flexibility index (Phi) is 6.07. The van der Waals surface area contributed by atoms with Crippen LogP contribution in [0, 0.1) is 0 Å². The second kappa shape index (κ2) is 8.24. The van der Waals surface area contributed by atoms with E-state index in [1.54, 1.807) is 46.6 Å². The minimum Gasteiger partial charge on any atom is -0.497 e. The molecular formula is C19H22O5. The van der Waals surface area contributed by atoms with Crippen molar-refractivity contribution in [3.8, 4) is 23.0 Å². The van der Waals surface area contributed by atoms with Crippen molar-refractivity contribution >= 4 is 5.78 Å². The van der Waals surface area contributed by atoms with Crippen LogP contribution < -0.4 is 18.9 Å². The zero-order chi connectivity index (χ0) is 17.5. The monoisotopic (exact) mass is 330 g/mol. The zero-order valence-corrected chi connectivity index (χ0v) is 14.4. The first-order chi connectivity index (χ1) is 11.6. The molecular weight excluding hydrogens is 308 g/mol. The molecule has 128 valence electrons. The molecule has 0 bridgehead atoms. The topological polar surface area (TPSA) is 54.0 Å². The summed E-state index contributed by atoms with van der Waals surface area (Å²) in [7, 11) is 6.33. The normalized spacial score (nSPS) is 10.2. The number of Topliss-reactive ketones (excluding diaryl/α,β-unsaturated/α-hetero) is 1. The molecule has 2 aromatic carbocycles. The van der Waals surface area contributed by atoms with Crippen molar-refractivity contribution in [1.29, 1.82) is 0 Å². The Balaban J connectivity index is 2.19. The highest BCUT2D eigenvalue weighted by Crippen LogP contribution is 2.28. The summed E-state index contributed by atoms with van der Waals surface area (Å²) in [6.45, 7) is 0. The Morgan fingerprint density at radius 2 is 1.38 bits per heavy atom. The van der Waals surface area contributed by atoms with E-state index in [2.05, 4.69) is 0 Å². The fourth-order valence-electron chi connectivity index (χ4n) is 2.49. The summed E-state index contributed by atoms with van der Waals surface area (Å²) in [6, 6.07) is 10.7. The summed E-state index contributed by atoms with van der Waals surface area (Å²) in [5, 5.41) is 0. The first kappa shape index (κ1) is 17.7. The highest BCUT2D eigenvalue weighted by atomic mass is 16.5. The minimum absolute atomic E-state index is 0.0179. The van der Waals surface area contributed by atoms with Crippen molar-refractivity contribution in [3.05, 3.63) is 47.5 Å². The maximum absolute atomic E-state index is 12.6. The average Bonchev–Trinajstić information content (AvgIpc) is 2.65. The van der Waals surface area contributed by atoms with Crippen molar-refractivity contribution in [2.24, 2.45) is 0 Å². The molecule has 24 heavy (non-hydrogen) atoms. The fourth-order valence-corrected chi connectivity index (χ4v) is 2.49. The number of benzene rings is 2. The van der Waals surface area contributed by atoms with Gasteiger partial charge in [0, 0.05) is 6.42 Å². The SMILES string of the molecule is COc1ccc(OC)c(CCC(=O)c2cc(OC)ccc2OC)c1. The van der Waals surface area contributed by atoms with E-state index < -0.39 is 0 Å². The van der Waals surface area contributed by atoms with Gasteiger partial charge in [0.05, 0.1) is 34.0 Å². The lowest BCUT2D eigenvalue weighted by molar-refractivity contribution is 0.0979. The van der Waals surface area contributed by atoms with Crippen LogP contribution in [-0.4, -0.2) is 34.2 Å². The first-order valence-corrected chi connectivity index (χ1v) is 7.59. The maximum atomic E-state index is 12.6. The Morgan fingerprint density at radius 1 is 0.792 bits per heavy atom. The van der Waals surface area contributed by atoms with Crippen molar-refractivity contribution < 1.29 is 23.7 Å². The molecule has 0 aliphatic carbocycles. The highest BCUT2D eigenvalue weighted by molar-refractivity contribution is 5.99. The van der Waals surface area contributed by atoms with Gasteiger partial charge in [-0.05, 0) is 48.4 Å². The zero-order valence-electron chi connectivity index (χ0n) is 14.4. The lowest BCUT2D eigenvalue weighted by Gasteiger charge is -2.12. The molecule has 0 atom stereocenters. The lowest BCUT2D eigenvalue weighted by atomic mass is 10.0. The summed E-state index contributed by atoms with van der Waals surface area (Å²) in [5.41, 5.74) is 1.44. The molecule has 0 amide bonds. The molecule has 0 aliphatic rings. The van der Waals surface area contributed by atoms with Crippen LogP contribution >= 0.6 is 0 Å². The smallest absolute Gasteiger partial charge is 0.167 e. The quantitative estimate of drug-likeness (QED) is 0.693. The number of hydrogen-bond donors (Lipinski definition) is 0. The van der Waals surface area contributed by atoms with Gasteiger partial charge in [-0.2, -0.15) is 0 Å². The van der Waals surface area contributed by atoms with Crippen molar-refractivity contribution in [2.45, 2.75) is 12.8 Å². The standard InChI is InChI=1S/C19H22O5/c1-21-14-6-9-18(23-3)13(11-14)5-8-17(20)16-12-15(22-2)7-10-19(16)24-4/h6-7,9-12H,5,8H2,1-4H3. The molecule has 0 unspecified atom stereocenters. The van der Waals surface area contributed by atoms with Crippen LogP contribution in [0.1, 0.15) is 22.3 Å². The van der Waals surface area contributed by atoms with Gasteiger partial charge < -0.3 is 18.9 Å². The first-order valence-electron chi connectivity index (χ1n) is 7.59. The van der Waals surface area contributed by atoms with Gasteiger partial charge in [-0.15, -0.1) is 0 Å². The van der Waals surface area contributed by atoms with Gasteiger partial charge in [-0.1, -0.05) is 0 Å². The summed E-state index contributed by atoms with van der Waals surface area (Å²) in [4.78, 5) is 12.6. The Labute approximate surface area is 142 Å². The summed E-state index contributed by atoms with van der Waals surface area (Å²) >= 11 is 0. The molecule has 0 aliphatic heterocycles. The molecule has 2 aromatic rings. The van der Waals surface area contributed by atoms with Crippen molar-refractivity contribution in [2.75, 3.05) is 28.4 Å². The number of ketones is 1. The minimum atomic E-state index is -0.0179. The van der Waals surface area contributed by atoms with Crippen molar-refractivity contribution in [3.63, 3.8) is 0 Å². The summed E-state index contributed by atoms with van der Waals surface area (Å²) in [5.74, 6) is 2.62. The fraction of sp³-hybridized carbons (Fsp3) is 0.316. The van der Waals surface area contributed by atoms with Gasteiger partial charge in [0.15, 0.2) is 5.78 Å². The molecule has 0 saturated heterocycles. The molecule has 0 aromatic heterocycles. The number of hydrogen-bond acceptors (Lipinski definition) is 5. The summed E-state index contributed by atoms with van der Waals surface area (Å²) < 4.78 is 21.1. The molecule has 0 spiro atoms. The number of aryl methyl sites for hydroxylation is 1. The van der Waals surface area contributed by atoms with Crippen LogP contribution in [0.25, 0.3) is 0 Å². The molecule has 5 heteroatoms. The van der Waals surface area contributed by atoms with Gasteiger partial charge in [0.25, 0.3) is 0 Å². The highest BCUT2D eigenvalue weighted by Gasteiger charge is 2.15. The Hall–Kier alpha value is -2.69. The van der Waals surface area contributed by atoms with Crippen molar-refractivity contribution in [1.82, 2.24) is 0 Å². The largest absolute Gasteiger partial charge is 0.497 e. The lowest BCUT2D eigenvalue weighted by Crippen LogP contribution is -2.05.